The van der Waals surface area contributed by atoms with Crippen molar-refractivity contribution in [3.8, 4) is 0 Å². The molecule has 1 amide bonds. The molecule has 0 aliphatic heterocycles. The quantitative estimate of drug-likeness (QED) is 0.817. The molecule has 0 fully saturated rings. The summed E-state index contributed by atoms with van der Waals surface area (Å²) in [7, 11) is 3.61. The summed E-state index contributed by atoms with van der Waals surface area (Å²) in [6, 6.07) is 1.74. The van der Waals surface area contributed by atoms with Crippen molar-refractivity contribution in [2.75, 3.05) is 27.2 Å². The normalized spacial score (nSPS) is 12.5. The summed E-state index contributed by atoms with van der Waals surface area (Å²) >= 11 is 0. The number of rotatable bonds is 6. The van der Waals surface area contributed by atoms with Crippen molar-refractivity contribution in [1.82, 2.24) is 15.4 Å². The van der Waals surface area contributed by atoms with Gasteiger partial charge >= 0.3 is 0 Å². The Hall–Kier alpha value is -1.36. The maximum Gasteiger partial charge on any atom is 0.292 e. The Kier molecular flexibility index (Phi) is 5.15. The molecule has 0 bridgehead atoms. The SMILES string of the molecule is CCC(C)c1cc(C(=O)N(C)CCNC)on1. The third-order valence-electron chi connectivity index (χ3n) is 2.90. The third-order valence-corrected chi connectivity index (χ3v) is 2.90. The number of carbonyl (C=O) groups excluding carboxylic acids is 1. The van der Waals surface area contributed by atoms with Crippen molar-refractivity contribution < 1.29 is 9.32 Å². The van der Waals surface area contributed by atoms with Gasteiger partial charge in [-0.05, 0) is 13.5 Å². The van der Waals surface area contributed by atoms with Crippen LogP contribution in [0.4, 0.5) is 0 Å². The standard InChI is InChI=1S/C12H21N3O2/c1-5-9(2)10-8-11(17-14-10)12(16)15(4)7-6-13-3/h8-9,13H,5-7H2,1-4H3. The van der Waals surface area contributed by atoms with Crippen molar-refractivity contribution >= 4 is 5.91 Å². The van der Waals surface area contributed by atoms with Gasteiger partial charge in [-0.2, -0.15) is 0 Å². The van der Waals surface area contributed by atoms with Crippen LogP contribution in [0.2, 0.25) is 0 Å². The van der Waals surface area contributed by atoms with Gasteiger partial charge in [-0.15, -0.1) is 0 Å². The topological polar surface area (TPSA) is 58.4 Å². The maximum atomic E-state index is 11.9. The van der Waals surface area contributed by atoms with Crippen LogP contribution in [0, 0.1) is 0 Å². The minimum absolute atomic E-state index is 0.123. The van der Waals surface area contributed by atoms with Crippen LogP contribution in [0.1, 0.15) is 42.4 Å². The van der Waals surface area contributed by atoms with E-state index < -0.39 is 0 Å². The first-order chi connectivity index (χ1) is 8.10. The second-order valence-corrected chi connectivity index (χ2v) is 4.26. The van der Waals surface area contributed by atoms with Gasteiger partial charge in [0.1, 0.15) is 0 Å². The van der Waals surface area contributed by atoms with Crippen molar-refractivity contribution in [2.45, 2.75) is 26.2 Å². The summed E-state index contributed by atoms with van der Waals surface area (Å²) < 4.78 is 5.09. The van der Waals surface area contributed by atoms with Gasteiger partial charge < -0.3 is 14.7 Å². The zero-order valence-corrected chi connectivity index (χ0v) is 11.0. The van der Waals surface area contributed by atoms with E-state index >= 15 is 0 Å². The van der Waals surface area contributed by atoms with Gasteiger partial charge in [-0.3, -0.25) is 4.79 Å². The molecule has 1 aromatic rings. The number of nitrogens with zero attached hydrogens (tertiary/aromatic N) is 2. The Morgan fingerprint density at radius 3 is 2.94 bits per heavy atom. The molecule has 1 aromatic heterocycles. The summed E-state index contributed by atoms with van der Waals surface area (Å²) in [5.74, 6) is 0.518. The van der Waals surface area contributed by atoms with Gasteiger partial charge in [-0.25, -0.2) is 0 Å². The fourth-order valence-corrected chi connectivity index (χ4v) is 1.40. The highest BCUT2D eigenvalue weighted by atomic mass is 16.5. The summed E-state index contributed by atoms with van der Waals surface area (Å²) in [6.07, 6.45) is 0.982. The zero-order chi connectivity index (χ0) is 12.8. The molecule has 0 saturated carbocycles. The minimum Gasteiger partial charge on any atom is -0.351 e. The molecule has 0 aliphatic rings. The van der Waals surface area contributed by atoms with Crippen LogP contribution in [0.25, 0.3) is 0 Å². The fourth-order valence-electron chi connectivity index (χ4n) is 1.40. The Balaban J connectivity index is 2.66. The monoisotopic (exact) mass is 239 g/mol. The molecule has 1 rings (SSSR count). The molecule has 17 heavy (non-hydrogen) atoms. The molecule has 5 heteroatoms. The Morgan fingerprint density at radius 2 is 2.35 bits per heavy atom. The Labute approximate surface area is 102 Å². The molecule has 0 radical (unpaired) electrons. The summed E-state index contributed by atoms with van der Waals surface area (Å²) in [5, 5.41) is 6.93. The minimum atomic E-state index is -0.123. The van der Waals surface area contributed by atoms with E-state index in [0.717, 1.165) is 18.7 Å². The lowest BCUT2D eigenvalue weighted by molar-refractivity contribution is 0.0755. The van der Waals surface area contributed by atoms with E-state index in [1.54, 1.807) is 18.0 Å². The molecular weight excluding hydrogens is 218 g/mol. The van der Waals surface area contributed by atoms with Crippen molar-refractivity contribution in [1.29, 1.82) is 0 Å². The predicted molar refractivity (Wildman–Crippen MR) is 66.1 cm³/mol. The largest absolute Gasteiger partial charge is 0.351 e. The summed E-state index contributed by atoms with van der Waals surface area (Å²) in [4.78, 5) is 13.6. The lowest BCUT2D eigenvalue weighted by atomic mass is 10.1. The fraction of sp³-hybridized carbons (Fsp3) is 0.667. The number of likely N-dealkylation sites (N-methyl/N-ethyl adjacent to an activating group) is 2. The van der Waals surface area contributed by atoms with Gasteiger partial charge in [0, 0.05) is 32.1 Å². The highest BCUT2D eigenvalue weighted by Gasteiger charge is 2.18. The number of hydrogen-bond donors (Lipinski definition) is 1. The van der Waals surface area contributed by atoms with E-state index in [2.05, 4.69) is 24.3 Å². The molecule has 1 unspecified atom stereocenters. The number of amides is 1. The molecule has 0 aliphatic carbocycles. The summed E-state index contributed by atoms with van der Waals surface area (Å²) in [5.41, 5.74) is 0.845. The van der Waals surface area contributed by atoms with Crippen LogP contribution in [0.15, 0.2) is 10.6 Å². The van der Waals surface area contributed by atoms with Gasteiger partial charge in [0.05, 0.1) is 5.69 Å². The Bertz CT molecular complexity index is 362. The molecule has 0 saturated heterocycles. The molecule has 96 valence electrons. The second kappa shape index (κ2) is 6.39. The molecule has 1 atom stereocenters. The van der Waals surface area contributed by atoms with Crippen LogP contribution in [-0.2, 0) is 0 Å². The smallest absolute Gasteiger partial charge is 0.292 e. The molecule has 1 heterocycles. The molecule has 5 nitrogen and oxygen atoms in total. The third kappa shape index (κ3) is 3.56. The highest BCUT2D eigenvalue weighted by molar-refractivity contribution is 5.91. The number of nitrogens with one attached hydrogen (secondary N) is 1. The lowest BCUT2D eigenvalue weighted by Gasteiger charge is -2.14. The molecule has 1 N–H and O–H groups in total. The second-order valence-electron chi connectivity index (χ2n) is 4.26. The van der Waals surface area contributed by atoms with Crippen LogP contribution in [-0.4, -0.2) is 43.1 Å². The van der Waals surface area contributed by atoms with Gasteiger partial charge in [0.15, 0.2) is 0 Å². The van der Waals surface area contributed by atoms with Crippen LogP contribution in [0.5, 0.6) is 0 Å². The average Bonchev–Trinajstić information content (AvgIpc) is 2.83. The lowest BCUT2D eigenvalue weighted by Crippen LogP contribution is -2.32. The van der Waals surface area contributed by atoms with Crippen LogP contribution in [0.3, 0.4) is 0 Å². The highest BCUT2D eigenvalue weighted by Crippen LogP contribution is 2.18. The molecule has 0 spiro atoms. The number of hydrogen-bond acceptors (Lipinski definition) is 4. The zero-order valence-electron chi connectivity index (χ0n) is 11.0. The van der Waals surface area contributed by atoms with Gasteiger partial charge in [-0.1, -0.05) is 19.0 Å². The first-order valence-electron chi connectivity index (χ1n) is 5.96. The number of aromatic nitrogens is 1. The Morgan fingerprint density at radius 1 is 1.65 bits per heavy atom. The van der Waals surface area contributed by atoms with Crippen molar-refractivity contribution in [3.05, 3.63) is 17.5 Å². The summed E-state index contributed by atoms with van der Waals surface area (Å²) in [6.45, 7) is 5.56. The van der Waals surface area contributed by atoms with Crippen molar-refractivity contribution in [3.63, 3.8) is 0 Å². The van der Waals surface area contributed by atoms with Crippen molar-refractivity contribution in [2.24, 2.45) is 0 Å². The molecule has 0 aromatic carbocycles. The van der Waals surface area contributed by atoms with Crippen LogP contribution >= 0.6 is 0 Å². The van der Waals surface area contributed by atoms with E-state index in [9.17, 15) is 4.79 Å². The van der Waals surface area contributed by atoms with E-state index in [1.165, 1.54) is 0 Å². The van der Waals surface area contributed by atoms with Crippen LogP contribution < -0.4 is 5.32 Å². The van der Waals surface area contributed by atoms with E-state index in [0.29, 0.717) is 18.2 Å². The average molecular weight is 239 g/mol. The van der Waals surface area contributed by atoms with E-state index in [4.69, 9.17) is 4.52 Å². The van der Waals surface area contributed by atoms with E-state index in [1.807, 2.05) is 7.05 Å². The predicted octanol–water partition coefficient (Wildman–Crippen LogP) is 1.48. The number of carbonyl (C=O) groups is 1. The first kappa shape index (κ1) is 13.7. The maximum absolute atomic E-state index is 11.9. The van der Waals surface area contributed by atoms with Gasteiger partial charge in [0.2, 0.25) is 5.76 Å². The first-order valence-corrected chi connectivity index (χ1v) is 5.96. The van der Waals surface area contributed by atoms with Gasteiger partial charge in [0.25, 0.3) is 5.91 Å². The van der Waals surface area contributed by atoms with E-state index in [-0.39, 0.29) is 5.91 Å². The molecular formula is C12H21N3O2.